The van der Waals surface area contributed by atoms with Gasteiger partial charge in [-0.15, -0.1) is 0 Å². The highest BCUT2D eigenvalue weighted by molar-refractivity contribution is 6.06. The Labute approximate surface area is 77.6 Å². The van der Waals surface area contributed by atoms with Crippen molar-refractivity contribution in [3.63, 3.8) is 0 Å². The van der Waals surface area contributed by atoms with Gasteiger partial charge in [0, 0.05) is 31.0 Å². The van der Waals surface area contributed by atoms with Gasteiger partial charge in [0.25, 0.3) is 0 Å². The summed E-state index contributed by atoms with van der Waals surface area (Å²) in [5.41, 5.74) is 0.740. The quantitative estimate of drug-likeness (QED) is 0.659. The van der Waals surface area contributed by atoms with Crippen LogP contribution >= 0.6 is 0 Å². The summed E-state index contributed by atoms with van der Waals surface area (Å²) in [5, 5.41) is 9.02. The normalized spacial score (nSPS) is 22.3. The fourth-order valence-electron chi connectivity index (χ4n) is 1.00. The highest BCUT2D eigenvalue weighted by atomic mass is 16.3. The van der Waals surface area contributed by atoms with E-state index in [0.717, 1.165) is 18.7 Å². The SMILES string of the molecule is CN(C)CCC1=CC(=O)C(O)C=N1. The van der Waals surface area contributed by atoms with Gasteiger partial charge in [-0.05, 0) is 14.1 Å². The van der Waals surface area contributed by atoms with Crippen LogP contribution in [0.4, 0.5) is 0 Å². The van der Waals surface area contributed by atoms with Crippen LogP contribution in [0.1, 0.15) is 6.42 Å². The molecule has 13 heavy (non-hydrogen) atoms. The first-order valence-electron chi connectivity index (χ1n) is 4.21. The van der Waals surface area contributed by atoms with E-state index in [0.29, 0.717) is 0 Å². The van der Waals surface area contributed by atoms with Crippen molar-refractivity contribution in [1.29, 1.82) is 0 Å². The van der Waals surface area contributed by atoms with E-state index >= 15 is 0 Å². The van der Waals surface area contributed by atoms with Crippen LogP contribution in [0.15, 0.2) is 16.8 Å². The lowest BCUT2D eigenvalue weighted by Crippen LogP contribution is -2.23. The summed E-state index contributed by atoms with van der Waals surface area (Å²) in [6.45, 7) is 0.854. The van der Waals surface area contributed by atoms with Gasteiger partial charge in [0.1, 0.15) is 0 Å². The van der Waals surface area contributed by atoms with Crippen molar-refractivity contribution < 1.29 is 9.90 Å². The van der Waals surface area contributed by atoms with Crippen LogP contribution in [0, 0.1) is 0 Å². The molecule has 0 amide bonds. The maximum atomic E-state index is 11.0. The lowest BCUT2D eigenvalue weighted by atomic mass is 10.1. The molecule has 0 aromatic rings. The molecule has 1 heterocycles. The second kappa shape index (κ2) is 4.30. The summed E-state index contributed by atoms with van der Waals surface area (Å²) in [4.78, 5) is 17.0. The zero-order chi connectivity index (χ0) is 9.84. The fraction of sp³-hybridized carbons (Fsp3) is 0.556. The number of ketones is 1. The molecule has 4 nitrogen and oxygen atoms in total. The number of hydrogen-bond donors (Lipinski definition) is 1. The van der Waals surface area contributed by atoms with Crippen molar-refractivity contribution in [2.75, 3.05) is 20.6 Å². The third kappa shape index (κ3) is 3.08. The highest BCUT2D eigenvalue weighted by Gasteiger charge is 2.15. The highest BCUT2D eigenvalue weighted by Crippen LogP contribution is 2.08. The maximum absolute atomic E-state index is 11.0. The third-order valence-corrected chi connectivity index (χ3v) is 1.80. The van der Waals surface area contributed by atoms with Gasteiger partial charge >= 0.3 is 0 Å². The average molecular weight is 182 g/mol. The van der Waals surface area contributed by atoms with Gasteiger partial charge in [0.2, 0.25) is 0 Å². The molecule has 1 rings (SSSR count). The molecule has 1 aliphatic heterocycles. The first kappa shape index (κ1) is 10.1. The molecule has 0 aromatic carbocycles. The largest absolute Gasteiger partial charge is 0.379 e. The van der Waals surface area contributed by atoms with Gasteiger partial charge in [0.05, 0.1) is 0 Å². The van der Waals surface area contributed by atoms with E-state index in [1.165, 1.54) is 12.3 Å². The Morgan fingerprint density at radius 3 is 2.85 bits per heavy atom. The van der Waals surface area contributed by atoms with Crippen molar-refractivity contribution in [3.05, 3.63) is 11.8 Å². The first-order valence-corrected chi connectivity index (χ1v) is 4.21. The summed E-state index contributed by atoms with van der Waals surface area (Å²) >= 11 is 0. The van der Waals surface area contributed by atoms with Gasteiger partial charge in [-0.3, -0.25) is 9.79 Å². The molecule has 0 saturated heterocycles. The van der Waals surface area contributed by atoms with Gasteiger partial charge in [-0.1, -0.05) is 0 Å². The van der Waals surface area contributed by atoms with Gasteiger partial charge in [0.15, 0.2) is 11.9 Å². The molecule has 1 unspecified atom stereocenters. The molecule has 0 radical (unpaired) electrons. The predicted octanol–water partition coefficient (Wildman–Crippen LogP) is -0.164. The molecule has 0 spiro atoms. The average Bonchev–Trinajstić information content (AvgIpc) is 2.07. The summed E-state index contributed by atoms with van der Waals surface area (Å²) < 4.78 is 0. The molecular formula is C9H14N2O2. The minimum Gasteiger partial charge on any atom is -0.379 e. The Hall–Kier alpha value is -1.00. The van der Waals surface area contributed by atoms with Crippen LogP contribution in [0.3, 0.4) is 0 Å². The molecule has 4 heteroatoms. The predicted molar refractivity (Wildman–Crippen MR) is 50.8 cm³/mol. The smallest absolute Gasteiger partial charge is 0.191 e. The number of aliphatic hydroxyl groups excluding tert-OH is 1. The summed E-state index contributed by atoms with van der Waals surface area (Å²) in [5.74, 6) is -0.274. The number of rotatable bonds is 3. The fourth-order valence-corrected chi connectivity index (χ4v) is 1.00. The van der Waals surface area contributed by atoms with Crippen LogP contribution in [0.2, 0.25) is 0 Å². The summed E-state index contributed by atoms with van der Waals surface area (Å²) in [7, 11) is 3.92. The van der Waals surface area contributed by atoms with Crippen molar-refractivity contribution in [2.24, 2.45) is 4.99 Å². The minimum absolute atomic E-state index is 0.274. The third-order valence-electron chi connectivity index (χ3n) is 1.80. The first-order chi connectivity index (χ1) is 6.09. The second-order valence-electron chi connectivity index (χ2n) is 3.31. The van der Waals surface area contributed by atoms with E-state index < -0.39 is 6.10 Å². The molecule has 1 aliphatic rings. The molecule has 1 atom stereocenters. The van der Waals surface area contributed by atoms with Gasteiger partial charge < -0.3 is 10.0 Å². The zero-order valence-corrected chi connectivity index (χ0v) is 7.90. The lowest BCUT2D eigenvalue weighted by Gasteiger charge is -2.12. The Morgan fingerprint density at radius 2 is 2.31 bits per heavy atom. The molecule has 72 valence electrons. The summed E-state index contributed by atoms with van der Waals surface area (Å²) in [6, 6.07) is 0. The van der Waals surface area contributed by atoms with E-state index in [-0.39, 0.29) is 5.78 Å². The zero-order valence-electron chi connectivity index (χ0n) is 7.90. The minimum atomic E-state index is -1.04. The van der Waals surface area contributed by atoms with Crippen LogP contribution in [-0.4, -0.2) is 48.7 Å². The standard InChI is InChI=1S/C9H14N2O2/c1-11(2)4-3-7-5-8(12)9(13)6-10-7/h5-6,9,13H,3-4H2,1-2H3. The summed E-state index contributed by atoms with van der Waals surface area (Å²) in [6.07, 6.45) is 2.40. The van der Waals surface area contributed by atoms with Crippen LogP contribution in [-0.2, 0) is 4.79 Å². The number of nitrogens with zero attached hydrogens (tertiary/aromatic N) is 2. The van der Waals surface area contributed by atoms with Crippen LogP contribution < -0.4 is 0 Å². The topological polar surface area (TPSA) is 52.9 Å². The Bertz CT molecular complexity index is 256. The van der Waals surface area contributed by atoms with E-state index in [1.807, 2.05) is 19.0 Å². The van der Waals surface area contributed by atoms with Gasteiger partial charge in [-0.2, -0.15) is 0 Å². The van der Waals surface area contributed by atoms with Crippen molar-refractivity contribution in [2.45, 2.75) is 12.5 Å². The molecule has 0 fully saturated rings. The van der Waals surface area contributed by atoms with Crippen molar-refractivity contribution in [3.8, 4) is 0 Å². The van der Waals surface area contributed by atoms with Crippen molar-refractivity contribution in [1.82, 2.24) is 4.90 Å². The number of carbonyl (C=O) groups is 1. The molecule has 0 aromatic heterocycles. The van der Waals surface area contributed by atoms with E-state index in [1.54, 1.807) is 0 Å². The molecular weight excluding hydrogens is 168 g/mol. The van der Waals surface area contributed by atoms with Crippen molar-refractivity contribution >= 4 is 12.0 Å². The Balaban J connectivity index is 2.49. The number of aliphatic imine (C=N–C) groups is 1. The van der Waals surface area contributed by atoms with Gasteiger partial charge in [-0.25, -0.2) is 0 Å². The Morgan fingerprint density at radius 1 is 1.62 bits per heavy atom. The lowest BCUT2D eigenvalue weighted by molar-refractivity contribution is -0.119. The monoisotopic (exact) mass is 182 g/mol. The van der Waals surface area contributed by atoms with E-state index in [2.05, 4.69) is 4.99 Å². The number of aliphatic hydroxyl groups is 1. The molecule has 1 N–H and O–H groups in total. The van der Waals surface area contributed by atoms with E-state index in [4.69, 9.17) is 5.11 Å². The Kier molecular flexibility index (Phi) is 3.33. The molecule has 0 aliphatic carbocycles. The van der Waals surface area contributed by atoms with Crippen LogP contribution in [0.5, 0.6) is 0 Å². The van der Waals surface area contributed by atoms with E-state index in [9.17, 15) is 4.79 Å². The number of carbonyl (C=O) groups excluding carboxylic acids is 1. The maximum Gasteiger partial charge on any atom is 0.191 e. The number of hydrogen-bond acceptors (Lipinski definition) is 4. The second-order valence-corrected chi connectivity index (χ2v) is 3.31. The molecule has 0 bridgehead atoms. The van der Waals surface area contributed by atoms with Crippen LogP contribution in [0.25, 0.3) is 0 Å². The molecule has 0 saturated carbocycles.